The summed E-state index contributed by atoms with van der Waals surface area (Å²) in [6.07, 6.45) is 2.32. The van der Waals surface area contributed by atoms with Crippen LogP contribution in [0.25, 0.3) is 11.1 Å². The van der Waals surface area contributed by atoms with Crippen molar-refractivity contribution in [3.8, 4) is 11.1 Å². The molecule has 0 aromatic heterocycles. The molecule has 2 aromatic carbocycles. The highest BCUT2D eigenvalue weighted by atomic mass is 35.5. The minimum atomic E-state index is 0.473. The number of rotatable bonds is 6. The number of hydrogen-bond acceptors (Lipinski definition) is 1. The summed E-state index contributed by atoms with van der Waals surface area (Å²) in [6.45, 7) is 7.39. The van der Waals surface area contributed by atoms with Gasteiger partial charge >= 0.3 is 0 Å². The van der Waals surface area contributed by atoms with Gasteiger partial charge in [0.15, 0.2) is 0 Å². The molecular weight excluding hydrogens is 278 g/mol. The van der Waals surface area contributed by atoms with E-state index in [0.29, 0.717) is 6.04 Å². The smallest absolute Gasteiger partial charge is 0.0412 e. The van der Waals surface area contributed by atoms with E-state index >= 15 is 0 Å². The van der Waals surface area contributed by atoms with Gasteiger partial charge in [-0.05, 0) is 40.8 Å². The number of aryl methyl sites for hydroxylation is 1. The second kappa shape index (κ2) is 7.63. The van der Waals surface area contributed by atoms with Crippen LogP contribution in [0.15, 0.2) is 42.5 Å². The maximum absolute atomic E-state index is 6.19. The minimum absolute atomic E-state index is 0.473. The predicted molar refractivity (Wildman–Crippen MR) is 92.9 cm³/mol. The van der Waals surface area contributed by atoms with Crippen molar-refractivity contribution < 1.29 is 0 Å². The summed E-state index contributed by atoms with van der Waals surface area (Å²) >= 11 is 6.19. The van der Waals surface area contributed by atoms with Crippen LogP contribution in [-0.4, -0.2) is 6.04 Å². The molecule has 2 rings (SSSR count). The summed E-state index contributed by atoms with van der Waals surface area (Å²) in [5.41, 5.74) is 5.14. The molecule has 0 spiro atoms. The van der Waals surface area contributed by atoms with Gasteiger partial charge in [0, 0.05) is 17.6 Å². The zero-order valence-corrected chi connectivity index (χ0v) is 13.9. The normalized spacial score (nSPS) is 11.1. The van der Waals surface area contributed by atoms with Gasteiger partial charge in [0.1, 0.15) is 0 Å². The Morgan fingerprint density at radius 3 is 2.38 bits per heavy atom. The first-order chi connectivity index (χ1) is 10.1. The fourth-order valence-electron chi connectivity index (χ4n) is 2.43. The molecule has 0 unspecified atom stereocenters. The lowest BCUT2D eigenvalue weighted by Crippen LogP contribution is -2.22. The Kier molecular flexibility index (Phi) is 5.84. The lowest BCUT2D eigenvalue weighted by atomic mass is 9.97. The van der Waals surface area contributed by atoms with Crippen molar-refractivity contribution in [3.63, 3.8) is 0 Å². The SMILES string of the molecule is CCCc1ccc(-c2cc(Cl)ccc2CNC(C)C)cc1. The molecule has 0 aliphatic carbocycles. The number of benzene rings is 2. The summed E-state index contributed by atoms with van der Waals surface area (Å²) in [5.74, 6) is 0. The fraction of sp³-hybridized carbons (Fsp3) is 0.368. The Bertz CT molecular complexity index is 573. The van der Waals surface area contributed by atoms with E-state index in [1.165, 1.54) is 28.7 Å². The number of nitrogens with one attached hydrogen (secondary N) is 1. The highest BCUT2D eigenvalue weighted by Crippen LogP contribution is 2.27. The lowest BCUT2D eigenvalue weighted by molar-refractivity contribution is 0.589. The molecule has 0 saturated heterocycles. The monoisotopic (exact) mass is 301 g/mol. The zero-order chi connectivity index (χ0) is 15.2. The van der Waals surface area contributed by atoms with E-state index in [1.54, 1.807) is 0 Å². The molecule has 0 aliphatic rings. The standard InChI is InChI=1S/C19H24ClN/c1-4-5-15-6-8-16(9-7-15)19-12-18(20)11-10-17(19)13-21-14(2)3/h6-12,14,21H,4-5,13H2,1-3H3. The van der Waals surface area contributed by atoms with Crippen LogP contribution in [0.4, 0.5) is 0 Å². The second-order valence-corrected chi connectivity index (χ2v) is 6.22. The van der Waals surface area contributed by atoms with E-state index in [1.807, 2.05) is 6.07 Å². The van der Waals surface area contributed by atoms with Gasteiger partial charge in [-0.3, -0.25) is 0 Å². The molecule has 0 atom stereocenters. The fourth-order valence-corrected chi connectivity index (χ4v) is 2.60. The van der Waals surface area contributed by atoms with Crippen LogP contribution in [-0.2, 0) is 13.0 Å². The molecule has 0 radical (unpaired) electrons. The first-order valence-electron chi connectivity index (χ1n) is 7.71. The minimum Gasteiger partial charge on any atom is -0.310 e. The van der Waals surface area contributed by atoms with Crippen molar-refractivity contribution in [1.29, 1.82) is 0 Å². The molecule has 112 valence electrons. The average Bonchev–Trinajstić information content (AvgIpc) is 2.47. The Hall–Kier alpha value is -1.31. The maximum atomic E-state index is 6.19. The molecule has 1 N–H and O–H groups in total. The topological polar surface area (TPSA) is 12.0 Å². The largest absolute Gasteiger partial charge is 0.310 e. The van der Waals surface area contributed by atoms with Gasteiger partial charge in [-0.2, -0.15) is 0 Å². The van der Waals surface area contributed by atoms with Gasteiger partial charge in [-0.25, -0.2) is 0 Å². The second-order valence-electron chi connectivity index (χ2n) is 5.78. The van der Waals surface area contributed by atoms with E-state index < -0.39 is 0 Å². The van der Waals surface area contributed by atoms with Gasteiger partial charge < -0.3 is 5.32 Å². The van der Waals surface area contributed by atoms with Crippen molar-refractivity contribution in [1.82, 2.24) is 5.32 Å². The molecular formula is C19H24ClN. The van der Waals surface area contributed by atoms with Crippen LogP contribution in [0.1, 0.15) is 38.3 Å². The summed E-state index contributed by atoms with van der Waals surface area (Å²) in [5, 5.41) is 4.27. The van der Waals surface area contributed by atoms with Crippen molar-refractivity contribution in [3.05, 3.63) is 58.6 Å². The zero-order valence-electron chi connectivity index (χ0n) is 13.1. The first-order valence-corrected chi connectivity index (χ1v) is 8.09. The molecule has 0 saturated carbocycles. The van der Waals surface area contributed by atoms with Crippen LogP contribution in [0.2, 0.25) is 5.02 Å². The predicted octanol–water partition coefficient (Wildman–Crippen LogP) is 5.46. The molecule has 0 amide bonds. The maximum Gasteiger partial charge on any atom is 0.0412 e. The van der Waals surface area contributed by atoms with E-state index in [0.717, 1.165) is 18.0 Å². The molecule has 0 aliphatic heterocycles. The van der Waals surface area contributed by atoms with Crippen molar-refractivity contribution in [2.45, 2.75) is 46.2 Å². The number of hydrogen-bond donors (Lipinski definition) is 1. The lowest BCUT2D eigenvalue weighted by Gasteiger charge is -2.14. The number of halogens is 1. The molecule has 0 bridgehead atoms. The quantitative estimate of drug-likeness (QED) is 0.747. The van der Waals surface area contributed by atoms with Crippen molar-refractivity contribution >= 4 is 11.6 Å². The summed E-state index contributed by atoms with van der Waals surface area (Å²) in [6, 6.07) is 15.5. The third-order valence-corrected chi connectivity index (χ3v) is 3.81. The third kappa shape index (κ3) is 4.59. The molecule has 2 heteroatoms. The average molecular weight is 302 g/mol. The summed E-state index contributed by atoms with van der Waals surface area (Å²) in [4.78, 5) is 0. The van der Waals surface area contributed by atoms with Gasteiger partial charge in [0.05, 0.1) is 0 Å². The van der Waals surface area contributed by atoms with Gasteiger partial charge in [-0.1, -0.05) is 69.1 Å². The van der Waals surface area contributed by atoms with Gasteiger partial charge in [0.25, 0.3) is 0 Å². The molecule has 21 heavy (non-hydrogen) atoms. The highest BCUT2D eigenvalue weighted by molar-refractivity contribution is 6.30. The van der Waals surface area contributed by atoms with E-state index in [9.17, 15) is 0 Å². The van der Waals surface area contributed by atoms with Crippen molar-refractivity contribution in [2.75, 3.05) is 0 Å². The Morgan fingerprint density at radius 1 is 1.05 bits per heavy atom. The Labute approximate surface area is 133 Å². The van der Waals surface area contributed by atoms with E-state index in [2.05, 4.69) is 62.5 Å². The van der Waals surface area contributed by atoms with Crippen LogP contribution >= 0.6 is 11.6 Å². The first kappa shape index (κ1) is 16.1. The summed E-state index contributed by atoms with van der Waals surface area (Å²) < 4.78 is 0. The molecule has 0 fully saturated rings. The molecule has 1 nitrogen and oxygen atoms in total. The summed E-state index contributed by atoms with van der Waals surface area (Å²) in [7, 11) is 0. The van der Waals surface area contributed by atoms with E-state index in [-0.39, 0.29) is 0 Å². The third-order valence-electron chi connectivity index (χ3n) is 3.58. The Morgan fingerprint density at radius 2 is 1.76 bits per heavy atom. The molecule has 2 aromatic rings. The van der Waals surface area contributed by atoms with E-state index in [4.69, 9.17) is 11.6 Å². The van der Waals surface area contributed by atoms with Crippen LogP contribution < -0.4 is 5.32 Å². The Balaban J connectivity index is 2.30. The van der Waals surface area contributed by atoms with Crippen LogP contribution in [0.5, 0.6) is 0 Å². The van der Waals surface area contributed by atoms with Gasteiger partial charge in [0.2, 0.25) is 0 Å². The van der Waals surface area contributed by atoms with Crippen molar-refractivity contribution in [2.24, 2.45) is 0 Å². The molecule has 0 heterocycles. The highest BCUT2D eigenvalue weighted by Gasteiger charge is 2.07. The van der Waals surface area contributed by atoms with Gasteiger partial charge in [-0.15, -0.1) is 0 Å². The van der Waals surface area contributed by atoms with Crippen LogP contribution in [0, 0.1) is 0 Å². The van der Waals surface area contributed by atoms with Crippen LogP contribution in [0.3, 0.4) is 0 Å².